The average Bonchev–Trinajstić information content (AvgIpc) is 3.06. The summed E-state index contributed by atoms with van der Waals surface area (Å²) in [5.74, 6) is 1.56. The highest BCUT2D eigenvalue weighted by Crippen LogP contribution is 2.52. The number of rotatable bonds is 1. The van der Waals surface area contributed by atoms with E-state index in [1.165, 1.54) is 0 Å². The van der Waals surface area contributed by atoms with Gasteiger partial charge in [-0.3, -0.25) is 4.98 Å². The van der Waals surface area contributed by atoms with Crippen LogP contribution in [0.2, 0.25) is 0 Å². The Labute approximate surface area is 158 Å². The lowest BCUT2D eigenvalue weighted by Crippen LogP contribution is -2.31. The van der Waals surface area contributed by atoms with Crippen LogP contribution in [-0.2, 0) is 10.3 Å². The summed E-state index contributed by atoms with van der Waals surface area (Å²) in [5, 5.41) is 10.0. The second kappa shape index (κ2) is 5.57. The number of aliphatic imine (C=N–C) groups is 1. The molecule has 1 N–H and O–H groups in total. The molecule has 0 aliphatic carbocycles. The number of aromatic nitrogens is 1. The molecule has 3 aromatic rings. The molecule has 0 saturated heterocycles. The molecule has 5 nitrogen and oxygen atoms in total. The molecule has 2 aliphatic rings. The molecule has 6 heteroatoms. The molecule has 3 heterocycles. The molecule has 0 radical (unpaired) electrons. The fraction of sp³-hybridized carbons (Fsp3) is 0.100. The van der Waals surface area contributed by atoms with E-state index in [9.17, 15) is 5.11 Å². The molecule has 0 saturated carbocycles. The summed E-state index contributed by atoms with van der Waals surface area (Å²) in [4.78, 5) is 9.38. The Morgan fingerprint density at radius 3 is 2.54 bits per heavy atom. The number of pyridine rings is 1. The SMILES string of the molecule is Oc1ccc2c(c1)C1(COC(Br)=N1)c1cc(-c3cccnc3)ccc1O2. The van der Waals surface area contributed by atoms with Gasteiger partial charge in [-0.1, -0.05) is 12.1 Å². The normalized spacial score (nSPS) is 20.0. The van der Waals surface area contributed by atoms with Gasteiger partial charge in [-0.25, -0.2) is 4.99 Å². The Kier molecular flexibility index (Phi) is 3.30. The second-order valence-electron chi connectivity index (χ2n) is 6.25. The largest absolute Gasteiger partial charge is 0.508 e. The van der Waals surface area contributed by atoms with Gasteiger partial charge in [-0.2, -0.15) is 0 Å². The average molecular weight is 409 g/mol. The van der Waals surface area contributed by atoms with Crippen molar-refractivity contribution in [2.75, 3.05) is 6.61 Å². The Balaban J connectivity index is 1.76. The number of phenols is 1. The number of hydrogen-bond acceptors (Lipinski definition) is 5. The highest BCUT2D eigenvalue weighted by molar-refractivity contribution is 9.18. The predicted molar refractivity (Wildman–Crippen MR) is 101 cm³/mol. The summed E-state index contributed by atoms with van der Waals surface area (Å²) in [6.07, 6.45) is 3.57. The molecule has 0 bridgehead atoms. The zero-order valence-electron chi connectivity index (χ0n) is 13.5. The molecule has 26 heavy (non-hydrogen) atoms. The van der Waals surface area contributed by atoms with Gasteiger partial charge in [0.15, 0.2) is 5.54 Å². The molecular weight excluding hydrogens is 396 g/mol. The first-order valence-corrected chi connectivity index (χ1v) is 8.89. The number of fused-ring (bicyclic) bond motifs is 4. The fourth-order valence-corrected chi connectivity index (χ4v) is 3.92. The molecule has 0 amide bonds. The second-order valence-corrected chi connectivity index (χ2v) is 6.93. The summed E-state index contributed by atoms with van der Waals surface area (Å²) >= 11 is 3.35. The van der Waals surface area contributed by atoms with Gasteiger partial charge in [0.1, 0.15) is 23.9 Å². The predicted octanol–water partition coefficient (Wildman–Crippen LogP) is 4.58. The monoisotopic (exact) mass is 408 g/mol. The van der Waals surface area contributed by atoms with Crippen LogP contribution in [0, 0.1) is 0 Å². The van der Waals surface area contributed by atoms with Crippen LogP contribution in [0.1, 0.15) is 11.1 Å². The summed E-state index contributed by atoms with van der Waals surface area (Å²) in [5.41, 5.74) is 2.93. The molecule has 2 aromatic carbocycles. The lowest BCUT2D eigenvalue weighted by molar-refractivity contribution is 0.271. The molecular formula is C20H13BrN2O3. The summed E-state index contributed by atoms with van der Waals surface area (Å²) in [7, 11) is 0. The van der Waals surface area contributed by atoms with Crippen molar-refractivity contribution in [2.45, 2.75) is 5.54 Å². The van der Waals surface area contributed by atoms with E-state index in [0.29, 0.717) is 17.2 Å². The van der Waals surface area contributed by atoms with Crippen LogP contribution in [-0.4, -0.2) is 21.5 Å². The van der Waals surface area contributed by atoms with E-state index < -0.39 is 5.54 Å². The fourth-order valence-electron chi connectivity index (χ4n) is 3.50. The van der Waals surface area contributed by atoms with Crippen molar-refractivity contribution in [1.29, 1.82) is 0 Å². The highest BCUT2D eigenvalue weighted by Gasteiger charge is 2.47. The van der Waals surface area contributed by atoms with Gasteiger partial charge in [-0.15, -0.1) is 0 Å². The lowest BCUT2D eigenvalue weighted by Gasteiger charge is -2.33. The Bertz CT molecular complexity index is 1050. The minimum absolute atomic E-state index is 0.164. The Morgan fingerprint density at radius 2 is 1.81 bits per heavy atom. The van der Waals surface area contributed by atoms with Crippen molar-refractivity contribution in [1.82, 2.24) is 4.98 Å². The van der Waals surface area contributed by atoms with Gasteiger partial charge in [0, 0.05) is 45.0 Å². The van der Waals surface area contributed by atoms with Crippen molar-refractivity contribution in [3.05, 3.63) is 72.1 Å². The number of nitrogens with zero attached hydrogens (tertiary/aromatic N) is 2. The van der Waals surface area contributed by atoms with Crippen LogP contribution in [0.4, 0.5) is 0 Å². The van der Waals surface area contributed by atoms with Crippen molar-refractivity contribution in [3.63, 3.8) is 0 Å². The van der Waals surface area contributed by atoms with Gasteiger partial charge in [0.05, 0.1) is 0 Å². The third-order valence-electron chi connectivity index (χ3n) is 4.73. The van der Waals surface area contributed by atoms with Crippen LogP contribution in [0.25, 0.3) is 11.1 Å². The Morgan fingerprint density at radius 1 is 1.00 bits per heavy atom. The Hall–Kier alpha value is -2.86. The van der Waals surface area contributed by atoms with Crippen molar-refractivity contribution in [2.24, 2.45) is 4.99 Å². The van der Waals surface area contributed by atoms with E-state index in [1.807, 2.05) is 30.5 Å². The van der Waals surface area contributed by atoms with Crippen molar-refractivity contribution >= 4 is 20.7 Å². The number of aromatic hydroxyl groups is 1. The van der Waals surface area contributed by atoms with E-state index in [1.54, 1.807) is 24.4 Å². The maximum Gasteiger partial charge on any atom is 0.255 e. The first-order chi connectivity index (χ1) is 12.7. The molecule has 1 unspecified atom stereocenters. The van der Waals surface area contributed by atoms with Crippen LogP contribution < -0.4 is 4.74 Å². The molecule has 1 atom stereocenters. The quantitative estimate of drug-likeness (QED) is 0.639. The molecule has 128 valence electrons. The van der Waals surface area contributed by atoms with Crippen LogP contribution >= 0.6 is 15.9 Å². The molecule has 0 fully saturated rings. The molecule has 5 rings (SSSR count). The van der Waals surface area contributed by atoms with Crippen LogP contribution in [0.5, 0.6) is 17.2 Å². The zero-order valence-corrected chi connectivity index (χ0v) is 15.1. The lowest BCUT2D eigenvalue weighted by atomic mass is 9.80. The maximum absolute atomic E-state index is 10.0. The van der Waals surface area contributed by atoms with Gasteiger partial charge < -0.3 is 14.6 Å². The smallest absolute Gasteiger partial charge is 0.255 e. The maximum atomic E-state index is 10.0. The van der Waals surface area contributed by atoms with E-state index in [2.05, 4.69) is 27.0 Å². The van der Waals surface area contributed by atoms with Gasteiger partial charge in [-0.05, 0) is 42.0 Å². The number of phenolic OH excluding ortho intramolecular Hbond substituents is 1. The number of hydrogen-bond donors (Lipinski definition) is 1. The van der Waals surface area contributed by atoms with Gasteiger partial charge >= 0.3 is 0 Å². The van der Waals surface area contributed by atoms with Crippen molar-refractivity contribution in [3.8, 4) is 28.4 Å². The first kappa shape index (κ1) is 15.4. The van der Waals surface area contributed by atoms with E-state index in [4.69, 9.17) is 14.5 Å². The minimum atomic E-state index is -0.765. The number of halogens is 1. The van der Waals surface area contributed by atoms with Crippen LogP contribution in [0.15, 0.2) is 65.9 Å². The van der Waals surface area contributed by atoms with Crippen molar-refractivity contribution < 1.29 is 14.6 Å². The zero-order chi connectivity index (χ0) is 17.7. The molecule has 1 spiro atoms. The molecule has 2 aliphatic heterocycles. The summed E-state index contributed by atoms with van der Waals surface area (Å²) < 4.78 is 11.7. The molecule has 1 aromatic heterocycles. The van der Waals surface area contributed by atoms with E-state index in [-0.39, 0.29) is 5.75 Å². The third kappa shape index (κ3) is 2.22. The van der Waals surface area contributed by atoms with Crippen LogP contribution in [0.3, 0.4) is 0 Å². The number of benzene rings is 2. The topological polar surface area (TPSA) is 63.9 Å². The summed E-state index contributed by atoms with van der Waals surface area (Å²) in [6, 6.07) is 15.0. The highest BCUT2D eigenvalue weighted by atomic mass is 79.9. The third-order valence-corrected chi connectivity index (χ3v) is 5.13. The first-order valence-electron chi connectivity index (χ1n) is 8.10. The summed E-state index contributed by atoms with van der Waals surface area (Å²) in [6.45, 7) is 0.330. The van der Waals surface area contributed by atoms with Gasteiger partial charge in [0.2, 0.25) is 0 Å². The van der Waals surface area contributed by atoms with E-state index >= 15 is 0 Å². The van der Waals surface area contributed by atoms with E-state index in [0.717, 1.165) is 28.0 Å². The standard InChI is InChI=1S/C20H13BrN2O3/c21-19-23-20(11-25-19)15-8-12(13-2-1-7-22-10-13)3-5-17(15)26-18-6-4-14(24)9-16(18)20/h1-10,24H,11H2. The number of ether oxygens (including phenoxy) is 2. The van der Waals surface area contributed by atoms with Gasteiger partial charge in [0.25, 0.3) is 4.81 Å². The minimum Gasteiger partial charge on any atom is -0.508 e.